The van der Waals surface area contributed by atoms with Crippen molar-refractivity contribution in [3.63, 3.8) is 0 Å². The van der Waals surface area contributed by atoms with E-state index in [-0.39, 0.29) is 5.69 Å². The number of nitrogens with zero attached hydrogens (tertiary/aromatic N) is 1. The molecule has 34 heavy (non-hydrogen) atoms. The molecule has 8 heteroatoms. The van der Waals surface area contributed by atoms with E-state index in [0.29, 0.717) is 31.7 Å². The molecule has 2 aromatic rings. The number of carbonyl (C=O) groups is 2. The first kappa shape index (κ1) is 27.1. The molecule has 0 unspecified atom stereocenters. The lowest BCUT2D eigenvalue weighted by Gasteiger charge is -2.25. The largest absolute Gasteiger partial charge is 0.478 e. The van der Waals surface area contributed by atoms with Crippen LogP contribution in [0.2, 0.25) is 0 Å². The summed E-state index contributed by atoms with van der Waals surface area (Å²) in [6, 6.07) is 9.69. The Balaban J connectivity index is 2.09. The van der Waals surface area contributed by atoms with E-state index in [2.05, 4.69) is 12.2 Å². The molecule has 0 saturated heterocycles. The number of aliphatic carboxylic acids is 1. The van der Waals surface area contributed by atoms with Crippen LogP contribution in [0.25, 0.3) is 0 Å². The van der Waals surface area contributed by atoms with Crippen molar-refractivity contribution in [2.24, 2.45) is 0 Å². The van der Waals surface area contributed by atoms with Gasteiger partial charge in [0.25, 0.3) is 0 Å². The SMILES string of the molecule is CCCCCCN(CCc1cccc(O[C@](C)(CC)C(=O)O)c1)C(=O)Nc1ccc(F)cc1F. The fourth-order valence-electron chi connectivity index (χ4n) is 3.39. The minimum atomic E-state index is -1.33. The molecule has 0 spiro atoms. The zero-order valence-electron chi connectivity index (χ0n) is 20.1. The number of urea groups is 1. The molecule has 0 aliphatic rings. The number of anilines is 1. The minimum absolute atomic E-state index is 0.0760. The number of unbranched alkanes of at least 4 members (excludes halogenated alkanes) is 3. The van der Waals surface area contributed by atoms with Gasteiger partial charge in [-0.25, -0.2) is 18.4 Å². The lowest BCUT2D eigenvalue weighted by Crippen LogP contribution is -2.40. The predicted octanol–water partition coefficient (Wildman–Crippen LogP) is 6.25. The number of benzene rings is 2. The number of hydrogen-bond donors (Lipinski definition) is 2. The Morgan fingerprint density at radius 1 is 1.06 bits per heavy atom. The summed E-state index contributed by atoms with van der Waals surface area (Å²) in [7, 11) is 0. The Kier molecular flexibility index (Phi) is 10.3. The van der Waals surface area contributed by atoms with Crippen LogP contribution >= 0.6 is 0 Å². The van der Waals surface area contributed by atoms with E-state index in [1.54, 1.807) is 30.0 Å². The molecule has 2 rings (SSSR count). The van der Waals surface area contributed by atoms with E-state index in [4.69, 9.17) is 4.74 Å². The lowest BCUT2D eigenvalue weighted by molar-refractivity contribution is -0.154. The van der Waals surface area contributed by atoms with E-state index < -0.39 is 29.2 Å². The smallest absolute Gasteiger partial charge is 0.347 e. The number of halogens is 2. The van der Waals surface area contributed by atoms with Crippen molar-refractivity contribution in [3.8, 4) is 5.75 Å². The third kappa shape index (κ3) is 8.01. The third-order valence-electron chi connectivity index (χ3n) is 5.78. The average molecular weight is 477 g/mol. The molecule has 0 heterocycles. The van der Waals surface area contributed by atoms with Gasteiger partial charge in [-0.3, -0.25) is 0 Å². The van der Waals surface area contributed by atoms with Crippen LogP contribution in [0.1, 0.15) is 58.4 Å². The summed E-state index contributed by atoms with van der Waals surface area (Å²) in [5.41, 5.74) is -0.531. The summed E-state index contributed by atoms with van der Waals surface area (Å²) >= 11 is 0. The van der Waals surface area contributed by atoms with E-state index in [0.717, 1.165) is 43.4 Å². The molecule has 2 amide bonds. The van der Waals surface area contributed by atoms with Crippen molar-refractivity contribution < 1.29 is 28.2 Å². The molecule has 0 bridgehead atoms. The number of carboxylic acid groups (broad SMARTS) is 1. The van der Waals surface area contributed by atoms with Gasteiger partial charge in [0, 0.05) is 19.2 Å². The van der Waals surface area contributed by atoms with Crippen molar-refractivity contribution in [3.05, 3.63) is 59.7 Å². The highest BCUT2D eigenvalue weighted by molar-refractivity contribution is 5.89. The van der Waals surface area contributed by atoms with Crippen molar-refractivity contribution in [2.45, 2.75) is 64.9 Å². The first-order valence-corrected chi connectivity index (χ1v) is 11.7. The number of rotatable bonds is 13. The van der Waals surface area contributed by atoms with Crippen LogP contribution in [0.4, 0.5) is 19.3 Å². The highest BCUT2D eigenvalue weighted by Gasteiger charge is 2.33. The zero-order chi connectivity index (χ0) is 25.1. The van der Waals surface area contributed by atoms with E-state index in [9.17, 15) is 23.5 Å². The van der Waals surface area contributed by atoms with Crippen molar-refractivity contribution in [1.82, 2.24) is 4.90 Å². The summed E-state index contributed by atoms with van der Waals surface area (Å²) in [6.07, 6.45) is 4.70. The molecule has 0 aliphatic heterocycles. The van der Waals surface area contributed by atoms with Crippen LogP contribution in [0, 0.1) is 11.6 Å². The Labute approximate surface area is 199 Å². The van der Waals surface area contributed by atoms with Crippen molar-refractivity contribution in [2.75, 3.05) is 18.4 Å². The number of hydrogen-bond acceptors (Lipinski definition) is 3. The summed E-state index contributed by atoms with van der Waals surface area (Å²) in [6.45, 7) is 6.24. The fourth-order valence-corrected chi connectivity index (χ4v) is 3.39. The topological polar surface area (TPSA) is 78.9 Å². The van der Waals surface area contributed by atoms with Gasteiger partial charge in [0.2, 0.25) is 5.60 Å². The second-order valence-electron chi connectivity index (χ2n) is 8.49. The zero-order valence-corrected chi connectivity index (χ0v) is 20.1. The van der Waals surface area contributed by atoms with Gasteiger partial charge >= 0.3 is 12.0 Å². The number of amides is 2. The maximum absolute atomic E-state index is 14.0. The fraction of sp³-hybridized carbons (Fsp3) is 0.462. The summed E-state index contributed by atoms with van der Waals surface area (Å²) < 4.78 is 32.9. The molecule has 2 aromatic carbocycles. The number of nitrogens with one attached hydrogen (secondary N) is 1. The molecule has 0 saturated carbocycles. The summed E-state index contributed by atoms with van der Waals surface area (Å²) in [5, 5.41) is 12.0. The Bertz CT molecular complexity index is 970. The molecule has 0 aliphatic carbocycles. The first-order valence-electron chi connectivity index (χ1n) is 11.7. The van der Waals surface area contributed by atoms with Crippen LogP contribution in [0.15, 0.2) is 42.5 Å². The van der Waals surface area contributed by atoms with Gasteiger partial charge < -0.3 is 20.1 Å². The van der Waals surface area contributed by atoms with Crippen molar-refractivity contribution in [1.29, 1.82) is 0 Å². The van der Waals surface area contributed by atoms with Gasteiger partial charge in [-0.05, 0) is 56.0 Å². The van der Waals surface area contributed by atoms with E-state index in [1.807, 2.05) is 6.07 Å². The molecule has 0 fully saturated rings. The van der Waals surface area contributed by atoms with E-state index in [1.165, 1.54) is 13.0 Å². The molecule has 186 valence electrons. The van der Waals surface area contributed by atoms with Gasteiger partial charge in [-0.15, -0.1) is 0 Å². The predicted molar refractivity (Wildman–Crippen MR) is 128 cm³/mol. The molecule has 1 atom stereocenters. The second-order valence-corrected chi connectivity index (χ2v) is 8.49. The van der Waals surface area contributed by atoms with Gasteiger partial charge in [0.05, 0.1) is 5.69 Å². The number of ether oxygens (including phenoxy) is 1. The standard InChI is InChI=1S/C26H34F2N2O4/c1-4-6-7-8-15-30(25(33)29-23-13-12-20(27)18-22(23)28)16-14-19-10-9-11-21(17-19)34-26(3,5-2)24(31)32/h9-13,17-18H,4-8,14-16H2,1-3H3,(H,29,33)(H,31,32)/t26-/m1/s1. The van der Waals surface area contributed by atoms with Gasteiger partial charge in [0.15, 0.2) is 0 Å². The molecule has 2 N–H and O–H groups in total. The first-order chi connectivity index (χ1) is 16.2. The summed E-state index contributed by atoms with van der Waals surface area (Å²) in [5.74, 6) is -2.14. The van der Waals surface area contributed by atoms with Crippen LogP contribution in [-0.2, 0) is 11.2 Å². The van der Waals surface area contributed by atoms with Crippen LogP contribution < -0.4 is 10.1 Å². The Morgan fingerprint density at radius 3 is 2.47 bits per heavy atom. The van der Waals surface area contributed by atoms with Gasteiger partial charge in [-0.2, -0.15) is 0 Å². The highest BCUT2D eigenvalue weighted by Crippen LogP contribution is 2.23. The van der Waals surface area contributed by atoms with Crippen LogP contribution in [-0.4, -0.2) is 40.7 Å². The molecular weight excluding hydrogens is 442 g/mol. The van der Waals surface area contributed by atoms with Crippen molar-refractivity contribution >= 4 is 17.7 Å². The number of carbonyl (C=O) groups excluding carboxylic acids is 1. The maximum Gasteiger partial charge on any atom is 0.347 e. The highest BCUT2D eigenvalue weighted by atomic mass is 19.1. The van der Waals surface area contributed by atoms with Gasteiger partial charge in [-0.1, -0.05) is 45.2 Å². The quantitative estimate of drug-likeness (QED) is 0.335. The Morgan fingerprint density at radius 2 is 1.82 bits per heavy atom. The minimum Gasteiger partial charge on any atom is -0.478 e. The van der Waals surface area contributed by atoms with Crippen LogP contribution in [0.3, 0.4) is 0 Å². The monoisotopic (exact) mass is 476 g/mol. The van der Waals surface area contributed by atoms with Crippen LogP contribution in [0.5, 0.6) is 5.75 Å². The maximum atomic E-state index is 14.0. The normalized spacial score (nSPS) is 12.6. The molecule has 0 radical (unpaired) electrons. The molecular formula is C26H34F2N2O4. The number of carboxylic acids is 1. The average Bonchev–Trinajstić information content (AvgIpc) is 2.80. The summed E-state index contributed by atoms with van der Waals surface area (Å²) in [4.78, 5) is 26.0. The lowest BCUT2D eigenvalue weighted by atomic mass is 10.0. The van der Waals surface area contributed by atoms with Gasteiger partial charge in [0.1, 0.15) is 17.4 Å². The molecule has 6 nitrogen and oxygen atoms in total. The second kappa shape index (κ2) is 12.9. The molecule has 0 aromatic heterocycles. The third-order valence-corrected chi connectivity index (χ3v) is 5.78. The Hall–Kier alpha value is -3.16. The van der Waals surface area contributed by atoms with E-state index >= 15 is 0 Å².